The average Bonchev–Trinajstić information content (AvgIpc) is 2.38. The minimum absolute atomic E-state index is 0.748. The number of rotatable bonds is 4. The molecule has 94 valence electrons. The summed E-state index contributed by atoms with van der Waals surface area (Å²) in [6.07, 6.45) is 0.992. The Balaban J connectivity index is 2.30. The Kier molecular flexibility index (Phi) is 3.77. The number of aryl methyl sites for hydroxylation is 2. The smallest absolute Gasteiger partial charge is 0.136 e. The summed E-state index contributed by atoms with van der Waals surface area (Å²) in [6, 6.07) is 10.2. The molecule has 0 fully saturated rings. The van der Waals surface area contributed by atoms with E-state index in [2.05, 4.69) is 39.7 Å². The van der Waals surface area contributed by atoms with Gasteiger partial charge in [0, 0.05) is 18.8 Å². The Morgan fingerprint density at radius 1 is 1.11 bits per heavy atom. The van der Waals surface area contributed by atoms with Gasteiger partial charge >= 0.3 is 0 Å². The van der Waals surface area contributed by atoms with Crippen LogP contribution in [0.1, 0.15) is 18.3 Å². The van der Waals surface area contributed by atoms with Gasteiger partial charge in [0.05, 0.1) is 0 Å². The molecular weight excluding hydrogens is 224 g/mol. The van der Waals surface area contributed by atoms with E-state index in [1.807, 2.05) is 32.2 Å². The highest BCUT2D eigenvalue weighted by Crippen LogP contribution is 2.21. The van der Waals surface area contributed by atoms with Crippen molar-refractivity contribution in [1.82, 2.24) is 9.97 Å². The predicted octanol–water partition coefficient (Wildman–Crippen LogP) is 3.13. The number of aromatic nitrogens is 2. The molecule has 2 aromatic rings. The fourth-order valence-corrected chi connectivity index (χ4v) is 1.85. The third-order valence-corrected chi connectivity index (χ3v) is 2.76. The molecule has 0 saturated carbocycles. The van der Waals surface area contributed by atoms with Crippen LogP contribution in [0.4, 0.5) is 17.3 Å². The van der Waals surface area contributed by atoms with Crippen LogP contribution >= 0.6 is 0 Å². The second kappa shape index (κ2) is 5.49. The Hall–Kier alpha value is -2.10. The summed E-state index contributed by atoms with van der Waals surface area (Å²) in [7, 11) is 1.85. The summed E-state index contributed by atoms with van der Waals surface area (Å²) in [5, 5.41) is 6.38. The maximum atomic E-state index is 4.39. The van der Waals surface area contributed by atoms with Gasteiger partial charge < -0.3 is 10.6 Å². The maximum Gasteiger partial charge on any atom is 0.136 e. The van der Waals surface area contributed by atoms with Gasteiger partial charge in [-0.25, -0.2) is 9.97 Å². The second-order valence-corrected chi connectivity index (χ2v) is 4.07. The van der Waals surface area contributed by atoms with Crippen LogP contribution in [0.3, 0.4) is 0 Å². The fraction of sp³-hybridized carbons (Fsp3) is 0.286. The number of hydrogen-bond donors (Lipinski definition) is 2. The van der Waals surface area contributed by atoms with Crippen LogP contribution in [0.2, 0.25) is 0 Å². The minimum Gasteiger partial charge on any atom is -0.373 e. The summed E-state index contributed by atoms with van der Waals surface area (Å²) >= 11 is 0. The molecule has 0 saturated heterocycles. The first-order valence-corrected chi connectivity index (χ1v) is 6.11. The van der Waals surface area contributed by atoms with Crippen LogP contribution in [0, 0.1) is 6.92 Å². The van der Waals surface area contributed by atoms with Crippen molar-refractivity contribution in [1.29, 1.82) is 0 Å². The largest absolute Gasteiger partial charge is 0.373 e. The van der Waals surface area contributed by atoms with Crippen LogP contribution in [0.5, 0.6) is 0 Å². The quantitative estimate of drug-likeness (QED) is 0.864. The third-order valence-electron chi connectivity index (χ3n) is 2.76. The van der Waals surface area contributed by atoms with E-state index in [1.54, 1.807) is 0 Å². The van der Waals surface area contributed by atoms with Crippen molar-refractivity contribution in [2.75, 3.05) is 17.7 Å². The molecule has 0 unspecified atom stereocenters. The molecule has 4 heteroatoms. The molecule has 4 nitrogen and oxygen atoms in total. The molecule has 0 amide bonds. The fourth-order valence-electron chi connectivity index (χ4n) is 1.85. The minimum atomic E-state index is 0.748. The van der Waals surface area contributed by atoms with E-state index in [0.29, 0.717) is 0 Å². The Bertz CT molecular complexity index is 537. The van der Waals surface area contributed by atoms with Crippen LogP contribution in [0.25, 0.3) is 0 Å². The highest BCUT2D eigenvalue weighted by Gasteiger charge is 2.03. The van der Waals surface area contributed by atoms with Crippen molar-refractivity contribution in [3.8, 4) is 0 Å². The molecule has 0 atom stereocenters. The molecule has 1 aromatic carbocycles. The average molecular weight is 242 g/mol. The topological polar surface area (TPSA) is 49.8 Å². The van der Waals surface area contributed by atoms with E-state index >= 15 is 0 Å². The molecule has 0 aliphatic carbocycles. The van der Waals surface area contributed by atoms with Crippen LogP contribution < -0.4 is 10.6 Å². The van der Waals surface area contributed by atoms with Crippen molar-refractivity contribution in [3.63, 3.8) is 0 Å². The van der Waals surface area contributed by atoms with Crippen molar-refractivity contribution < 1.29 is 0 Å². The van der Waals surface area contributed by atoms with Gasteiger partial charge in [0.2, 0.25) is 0 Å². The zero-order valence-electron chi connectivity index (χ0n) is 11.0. The van der Waals surface area contributed by atoms with Gasteiger partial charge in [-0.3, -0.25) is 0 Å². The molecule has 0 aliphatic heterocycles. The first kappa shape index (κ1) is 12.4. The Morgan fingerprint density at radius 3 is 2.56 bits per heavy atom. The number of nitrogens with one attached hydrogen (secondary N) is 2. The second-order valence-electron chi connectivity index (χ2n) is 4.07. The summed E-state index contributed by atoms with van der Waals surface area (Å²) in [5.74, 6) is 2.38. The van der Waals surface area contributed by atoms with Crippen molar-refractivity contribution in [2.45, 2.75) is 20.3 Å². The zero-order chi connectivity index (χ0) is 13.0. The summed E-state index contributed by atoms with van der Waals surface area (Å²) < 4.78 is 0. The lowest BCUT2D eigenvalue weighted by Crippen LogP contribution is -2.02. The highest BCUT2D eigenvalue weighted by atomic mass is 15.1. The number of hydrogen-bond acceptors (Lipinski definition) is 4. The van der Waals surface area contributed by atoms with Gasteiger partial charge in [0.25, 0.3) is 0 Å². The first-order chi connectivity index (χ1) is 8.72. The number of nitrogens with zero attached hydrogens (tertiary/aromatic N) is 2. The van der Waals surface area contributed by atoms with Crippen LogP contribution in [-0.2, 0) is 6.42 Å². The van der Waals surface area contributed by atoms with E-state index in [-0.39, 0.29) is 0 Å². The van der Waals surface area contributed by atoms with Gasteiger partial charge in [0.1, 0.15) is 17.5 Å². The molecule has 18 heavy (non-hydrogen) atoms. The first-order valence-electron chi connectivity index (χ1n) is 6.11. The molecule has 0 bridgehead atoms. The normalized spacial score (nSPS) is 10.2. The summed E-state index contributed by atoms with van der Waals surface area (Å²) in [5.41, 5.74) is 2.37. The van der Waals surface area contributed by atoms with Crippen molar-refractivity contribution >= 4 is 17.3 Å². The van der Waals surface area contributed by atoms with Crippen molar-refractivity contribution in [2.24, 2.45) is 0 Å². The Labute approximate surface area is 107 Å². The lowest BCUT2D eigenvalue weighted by molar-refractivity contribution is 1.05. The lowest BCUT2D eigenvalue weighted by atomic mass is 10.1. The molecule has 0 spiro atoms. The molecule has 0 aliphatic rings. The number of para-hydroxylation sites is 1. The van der Waals surface area contributed by atoms with E-state index in [0.717, 1.165) is 29.6 Å². The molecular formula is C14H18N4. The maximum absolute atomic E-state index is 4.39. The third kappa shape index (κ3) is 2.77. The van der Waals surface area contributed by atoms with Crippen LogP contribution in [-0.4, -0.2) is 17.0 Å². The molecule has 1 heterocycles. The van der Waals surface area contributed by atoms with E-state index in [9.17, 15) is 0 Å². The zero-order valence-corrected chi connectivity index (χ0v) is 11.0. The summed E-state index contributed by atoms with van der Waals surface area (Å²) in [4.78, 5) is 8.66. The number of benzene rings is 1. The van der Waals surface area contributed by atoms with E-state index in [1.165, 1.54) is 5.56 Å². The molecule has 1 aromatic heterocycles. The van der Waals surface area contributed by atoms with Gasteiger partial charge in [-0.15, -0.1) is 0 Å². The number of anilines is 3. The lowest BCUT2D eigenvalue weighted by Gasteiger charge is -2.11. The van der Waals surface area contributed by atoms with Crippen molar-refractivity contribution in [3.05, 3.63) is 41.7 Å². The molecule has 2 rings (SSSR count). The van der Waals surface area contributed by atoms with Gasteiger partial charge in [-0.05, 0) is 25.0 Å². The highest BCUT2D eigenvalue weighted by molar-refractivity contribution is 5.62. The summed E-state index contributed by atoms with van der Waals surface area (Å²) in [6.45, 7) is 4.03. The van der Waals surface area contributed by atoms with E-state index < -0.39 is 0 Å². The van der Waals surface area contributed by atoms with Gasteiger partial charge in [-0.2, -0.15) is 0 Å². The molecule has 2 N–H and O–H groups in total. The van der Waals surface area contributed by atoms with Gasteiger partial charge in [0.15, 0.2) is 0 Å². The SMILES string of the molecule is CCc1ccccc1Nc1cc(NC)nc(C)n1. The molecule has 0 radical (unpaired) electrons. The predicted molar refractivity (Wildman–Crippen MR) is 75.4 cm³/mol. The standard InChI is InChI=1S/C14H18N4/c1-4-11-7-5-6-8-12(11)18-14-9-13(15-3)16-10(2)17-14/h5-9H,4H2,1-3H3,(H2,15,16,17,18). The van der Waals surface area contributed by atoms with Gasteiger partial charge in [-0.1, -0.05) is 25.1 Å². The monoisotopic (exact) mass is 242 g/mol. The van der Waals surface area contributed by atoms with Crippen LogP contribution in [0.15, 0.2) is 30.3 Å². The van der Waals surface area contributed by atoms with E-state index in [4.69, 9.17) is 0 Å². The Morgan fingerprint density at radius 2 is 1.83 bits per heavy atom.